The number of halogens is 1. The first-order valence-electron chi connectivity index (χ1n) is 11.4. The lowest BCUT2D eigenvalue weighted by Gasteiger charge is -2.39. The molecule has 2 saturated heterocycles. The Bertz CT molecular complexity index is 788. The van der Waals surface area contributed by atoms with Crippen LogP contribution < -0.4 is 10.6 Å². The van der Waals surface area contributed by atoms with Crippen molar-refractivity contribution in [3.05, 3.63) is 35.4 Å². The monoisotopic (exact) mass is 556 g/mol. The predicted octanol–water partition coefficient (Wildman–Crippen LogP) is 1.76. The number of likely N-dealkylation sites (tertiary alicyclic amines) is 1. The molecule has 0 saturated carbocycles. The fourth-order valence-corrected chi connectivity index (χ4v) is 4.28. The molecule has 2 aliphatic heterocycles. The third kappa shape index (κ3) is 6.81. The molecule has 2 aliphatic rings. The average molecular weight is 556 g/mol. The van der Waals surface area contributed by atoms with Gasteiger partial charge < -0.3 is 20.4 Å². The van der Waals surface area contributed by atoms with Gasteiger partial charge in [0.15, 0.2) is 5.96 Å². The summed E-state index contributed by atoms with van der Waals surface area (Å²) in [7, 11) is 1.79. The topological polar surface area (TPSA) is 80.3 Å². The maximum atomic E-state index is 12.7. The third-order valence-electron chi connectivity index (χ3n) is 6.13. The van der Waals surface area contributed by atoms with Gasteiger partial charge in [-0.3, -0.25) is 19.5 Å². The van der Waals surface area contributed by atoms with E-state index in [1.807, 2.05) is 43.0 Å². The second kappa shape index (κ2) is 13.0. The molecule has 2 fully saturated rings. The summed E-state index contributed by atoms with van der Waals surface area (Å²) in [5.74, 6) is 1.06. The molecule has 1 aromatic carbocycles. The molecule has 8 nitrogen and oxygen atoms in total. The van der Waals surface area contributed by atoms with Crippen LogP contribution in [0.3, 0.4) is 0 Å². The van der Waals surface area contributed by atoms with Crippen molar-refractivity contribution < 1.29 is 9.59 Å². The third-order valence-corrected chi connectivity index (χ3v) is 6.13. The number of piperazine rings is 1. The predicted molar refractivity (Wildman–Crippen MR) is 138 cm³/mol. The Kier molecular flexibility index (Phi) is 10.7. The molecule has 0 aliphatic carbocycles. The van der Waals surface area contributed by atoms with Gasteiger partial charge in [0.05, 0.1) is 6.04 Å². The largest absolute Gasteiger partial charge is 0.352 e. The van der Waals surface area contributed by atoms with Crippen LogP contribution in [-0.2, 0) is 11.3 Å². The molecule has 0 radical (unpaired) electrons. The van der Waals surface area contributed by atoms with E-state index >= 15 is 0 Å². The molecular weight excluding hydrogens is 519 g/mol. The summed E-state index contributed by atoms with van der Waals surface area (Å²) in [6.07, 6.45) is 2.25. The smallest absolute Gasteiger partial charge is 0.251 e. The van der Waals surface area contributed by atoms with Gasteiger partial charge in [0.1, 0.15) is 0 Å². The van der Waals surface area contributed by atoms with Crippen LogP contribution in [0, 0.1) is 0 Å². The van der Waals surface area contributed by atoms with E-state index in [1.165, 1.54) is 0 Å². The first-order chi connectivity index (χ1) is 15.0. The minimum absolute atomic E-state index is 0. The summed E-state index contributed by atoms with van der Waals surface area (Å²) < 4.78 is 0. The van der Waals surface area contributed by atoms with Gasteiger partial charge in [-0.2, -0.15) is 0 Å². The van der Waals surface area contributed by atoms with Crippen LogP contribution in [0.5, 0.6) is 0 Å². The second-order valence-corrected chi connectivity index (χ2v) is 8.19. The highest BCUT2D eigenvalue weighted by molar-refractivity contribution is 14.0. The highest BCUT2D eigenvalue weighted by Gasteiger charge is 2.30. The van der Waals surface area contributed by atoms with Crippen LogP contribution in [0.2, 0.25) is 0 Å². The number of benzene rings is 1. The minimum atomic E-state index is -0.0627. The highest BCUT2D eigenvalue weighted by Crippen LogP contribution is 2.14. The van der Waals surface area contributed by atoms with Gasteiger partial charge in [0, 0.05) is 65.0 Å². The first-order valence-corrected chi connectivity index (χ1v) is 11.4. The number of hydrogen-bond acceptors (Lipinski definition) is 4. The summed E-state index contributed by atoms with van der Waals surface area (Å²) >= 11 is 0. The maximum absolute atomic E-state index is 12.7. The van der Waals surface area contributed by atoms with E-state index in [4.69, 9.17) is 0 Å². The van der Waals surface area contributed by atoms with Gasteiger partial charge in [-0.05, 0) is 44.4 Å². The SMILES string of the molecule is CCNC(=O)c1cccc(CNC(=NC)N2CCN(C(C)C(=O)N3CCCC3)CC2)c1.I. The van der Waals surface area contributed by atoms with Crippen LogP contribution in [0.4, 0.5) is 0 Å². The summed E-state index contributed by atoms with van der Waals surface area (Å²) in [6.45, 7) is 10.3. The van der Waals surface area contributed by atoms with Gasteiger partial charge in [-0.25, -0.2) is 0 Å². The lowest BCUT2D eigenvalue weighted by atomic mass is 10.1. The minimum Gasteiger partial charge on any atom is -0.352 e. The van der Waals surface area contributed by atoms with Gasteiger partial charge in [0.25, 0.3) is 5.91 Å². The number of carbonyl (C=O) groups excluding carboxylic acids is 2. The normalized spacial score (nSPS) is 18.2. The standard InChI is InChI=1S/C23H36N6O2.HI/c1-4-25-21(30)20-9-7-8-19(16-20)17-26-23(24-3)29-14-12-27(13-15-29)18(2)22(31)28-10-5-6-11-28;/h7-9,16,18H,4-6,10-15,17H2,1-3H3,(H,24,26)(H,25,30);1H. The van der Waals surface area contributed by atoms with Gasteiger partial charge in [0.2, 0.25) is 5.91 Å². The molecule has 178 valence electrons. The van der Waals surface area contributed by atoms with Crippen molar-refractivity contribution in [1.29, 1.82) is 0 Å². The summed E-state index contributed by atoms with van der Waals surface area (Å²) in [5.41, 5.74) is 1.70. The molecule has 2 N–H and O–H groups in total. The Morgan fingerprint density at radius 2 is 1.72 bits per heavy atom. The number of aliphatic imine (C=N–C) groups is 1. The first kappa shape index (κ1) is 26.4. The fraction of sp³-hybridized carbons (Fsp3) is 0.609. The van der Waals surface area contributed by atoms with Crippen LogP contribution in [0.1, 0.15) is 42.6 Å². The Hall–Kier alpha value is -1.88. The summed E-state index contributed by atoms with van der Waals surface area (Å²) in [5, 5.41) is 6.25. The number of rotatable bonds is 6. The van der Waals surface area contributed by atoms with Crippen molar-refractivity contribution in [2.45, 2.75) is 39.3 Å². The lowest BCUT2D eigenvalue weighted by molar-refractivity contribution is -0.135. The number of amides is 2. The van der Waals surface area contributed by atoms with Crippen LogP contribution >= 0.6 is 24.0 Å². The fourth-order valence-electron chi connectivity index (χ4n) is 4.28. The molecule has 0 spiro atoms. The quantitative estimate of drug-likeness (QED) is 0.317. The molecule has 0 aromatic heterocycles. The van der Waals surface area contributed by atoms with Gasteiger partial charge in [-0.15, -0.1) is 24.0 Å². The molecule has 1 unspecified atom stereocenters. The Morgan fingerprint density at radius 1 is 1.03 bits per heavy atom. The van der Waals surface area contributed by atoms with Gasteiger partial charge in [-0.1, -0.05) is 12.1 Å². The molecular formula is C23H37IN6O2. The van der Waals surface area contributed by atoms with Crippen molar-refractivity contribution >= 4 is 41.8 Å². The molecule has 9 heteroatoms. The van der Waals surface area contributed by atoms with Gasteiger partial charge >= 0.3 is 0 Å². The van der Waals surface area contributed by atoms with Crippen molar-refractivity contribution in [1.82, 2.24) is 25.3 Å². The number of nitrogens with zero attached hydrogens (tertiary/aromatic N) is 4. The number of hydrogen-bond donors (Lipinski definition) is 2. The van der Waals surface area contributed by atoms with Crippen molar-refractivity contribution in [3.8, 4) is 0 Å². The molecule has 2 amide bonds. The molecule has 3 rings (SSSR count). The maximum Gasteiger partial charge on any atom is 0.251 e. The second-order valence-electron chi connectivity index (χ2n) is 8.19. The van der Waals surface area contributed by atoms with E-state index in [-0.39, 0.29) is 41.8 Å². The van der Waals surface area contributed by atoms with E-state index in [9.17, 15) is 9.59 Å². The zero-order valence-corrected chi connectivity index (χ0v) is 21.8. The molecule has 0 bridgehead atoms. The van der Waals surface area contributed by atoms with Crippen molar-refractivity contribution in [2.75, 3.05) is 52.9 Å². The summed E-state index contributed by atoms with van der Waals surface area (Å²) in [4.78, 5) is 35.7. The highest BCUT2D eigenvalue weighted by atomic mass is 127. The molecule has 1 aromatic rings. The van der Waals surface area contributed by atoms with E-state index < -0.39 is 0 Å². The number of carbonyl (C=O) groups is 2. The van der Waals surface area contributed by atoms with E-state index in [1.54, 1.807) is 7.05 Å². The zero-order valence-electron chi connectivity index (χ0n) is 19.5. The van der Waals surface area contributed by atoms with E-state index in [2.05, 4.69) is 25.4 Å². The van der Waals surface area contributed by atoms with E-state index in [0.717, 1.165) is 63.6 Å². The Balaban J connectivity index is 0.00000363. The van der Waals surface area contributed by atoms with E-state index in [0.29, 0.717) is 18.7 Å². The van der Waals surface area contributed by atoms with Crippen LogP contribution in [0.15, 0.2) is 29.3 Å². The Morgan fingerprint density at radius 3 is 2.34 bits per heavy atom. The average Bonchev–Trinajstić information content (AvgIpc) is 3.34. The molecule has 2 heterocycles. The van der Waals surface area contributed by atoms with Crippen molar-refractivity contribution in [2.24, 2.45) is 4.99 Å². The lowest BCUT2D eigenvalue weighted by Crippen LogP contribution is -2.57. The molecule has 32 heavy (non-hydrogen) atoms. The zero-order chi connectivity index (χ0) is 22.2. The Labute approximate surface area is 208 Å². The number of nitrogens with one attached hydrogen (secondary N) is 2. The number of guanidine groups is 1. The van der Waals surface area contributed by atoms with Crippen LogP contribution in [-0.4, -0.2) is 91.4 Å². The van der Waals surface area contributed by atoms with Crippen LogP contribution in [0.25, 0.3) is 0 Å². The van der Waals surface area contributed by atoms with Crippen molar-refractivity contribution in [3.63, 3.8) is 0 Å². The molecule has 1 atom stereocenters. The summed E-state index contributed by atoms with van der Waals surface area (Å²) in [6, 6.07) is 7.59.